The van der Waals surface area contributed by atoms with Gasteiger partial charge in [-0.2, -0.15) is 5.26 Å². The molecule has 0 spiro atoms. The first-order chi connectivity index (χ1) is 7.31. The number of hydrogen-bond donors (Lipinski definition) is 0. The van der Waals surface area contributed by atoms with Gasteiger partial charge in [0.05, 0.1) is 18.8 Å². The maximum Gasteiger partial charge on any atom is 0.141 e. The summed E-state index contributed by atoms with van der Waals surface area (Å²) in [7, 11) is 0. The smallest absolute Gasteiger partial charge is 0.141 e. The standard InChI is InChI=1S/C11H11FN2O/c12-11-2-1-10(7-9(11)8-13)14-3-5-15-6-4-14/h1-2,7H,3-6H2. The van der Waals surface area contributed by atoms with Gasteiger partial charge in [-0.05, 0) is 18.2 Å². The molecule has 0 saturated carbocycles. The van der Waals surface area contributed by atoms with E-state index in [9.17, 15) is 4.39 Å². The number of halogens is 1. The van der Waals surface area contributed by atoms with E-state index >= 15 is 0 Å². The number of nitriles is 1. The fourth-order valence-electron chi connectivity index (χ4n) is 1.62. The molecule has 1 fully saturated rings. The summed E-state index contributed by atoms with van der Waals surface area (Å²) in [6.07, 6.45) is 0. The third-order valence-electron chi connectivity index (χ3n) is 2.45. The first kappa shape index (κ1) is 9.94. The van der Waals surface area contributed by atoms with Gasteiger partial charge in [0.2, 0.25) is 0 Å². The summed E-state index contributed by atoms with van der Waals surface area (Å²) in [5.41, 5.74) is 0.982. The van der Waals surface area contributed by atoms with Crippen LogP contribution in [-0.4, -0.2) is 26.3 Å². The predicted octanol–water partition coefficient (Wildman–Crippen LogP) is 1.53. The molecule has 3 nitrogen and oxygen atoms in total. The zero-order valence-corrected chi connectivity index (χ0v) is 8.24. The van der Waals surface area contributed by atoms with E-state index in [1.165, 1.54) is 6.07 Å². The Kier molecular flexibility index (Phi) is 2.84. The Morgan fingerprint density at radius 3 is 2.73 bits per heavy atom. The first-order valence-electron chi connectivity index (χ1n) is 4.83. The third kappa shape index (κ3) is 2.08. The molecule has 0 N–H and O–H groups in total. The molecule has 15 heavy (non-hydrogen) atoms. The van der Waals surface area contributed by atoms with E-state index in [4.69, 9.17) is 10.00 Å². The van der Waals surface area contributed by atoms with Crippen LogP contribution in [0.3, 0.4) is 0 Å². The highest BCUT2D eigenvalue weighted by Crippen LogP contribution is 2.19. The Morgan fingerprint density at radius 2 is 2.07 bits per heavy atom. The monoisotopic (exact) mass is 206 g/mol. The van der Waals surface area contributed by atoms with Crippen LogP contribution >= 0.6 is 0 Å². The first-order valence-corrected chi connectivity index (χ1v) is 4.83. The number of morpholine rings is 1. The van der Waals surface area contributed by atoms with Crippen LogP contribution in [-0.2, 0) is 4.74 Å². The Bertz CT molecular complexity index is 394. The zero-order chi connectivity index (χ0) is 10.7. The van der Waals surface area contributed by atoms with Gasteiger partial charge in [-0.15, -0.1) is 0 Å². The second-order valence-corrected chi connectivity index (χ2v) is 3.38. The Hall–Kier alpha value is -1.60. The van der Waals surface area contributed by atoms with Crippen molar-refractivity contribution in [3.8, 4) is 6.07 Å². The lowest BCUT2D eigenvalue weighted by Crippen LogP contribution is -2.36. The molecule has 0 bridgehead atoms. The number of hydrogen-bond acceptors (Lipinski definition) is 3. The molecular weight excluding hydrogens is 195 g/mol. The lowest BCUT2D eigenvalue weighted by Gasteiger charge is -2.28. The van der Waals surface area contributed by atoms with E-state index in [1.54, 1.807) is 12.1 Å². The van der Waals surface area contributed by atoms with E-state index < -0.39 is 5.82 Å². The molecule has 1 aromatic rings. The van der Waals surface area contributed by atoms with Gasteiger partial charge in [-0.1, -0.05) is 0 Å². The van der Waals surface area contributed by atoms with Crippen LogP contribution in [0.1, 0.15) is 5.56 Å². The summed E-state index contributed by atoms with van der Waals surface area (Å²) in [5, 5.41) is 8.71. The molecule has 1 aromatic carbocycles. The molecule has 0 aliphatic carbocycles. The van der Waals surface area contributed by atoms with Crippen molar-refractivity contribution in [2.45, 2.75) is 0 Å². The van der Waals surface area contributed by atoms with Crippen molar-refractivity contribution in [2.75, 3.05) is 31.2 Å². The van der Waals surface area contributed by atoms with E-state index in [0.29, 0.717) is 13.2 Å². The largest absolute Gasteiger partial charge is 0.378 e. The minimum atomic E-state index is -0.463. The molecule has 0 amide bonds. The van der Waals surface area contributed by atoms with Crippen LogP contribution < -0.4 is 4.90 Å². The van der Waals surface area contributed by atoms with Crippen LogP contribution in [0.5, 0.6) is 0 Å². The topological polar surface area (TPSA) is 36.3 Å². The summed E-state index contributed by atoms with van der Waals surface area (Å²) in [6, 6.07) is 6.46. The third-order valence-corrected chi connectivity index (χ3v) is 2.45. The lowest BCUT2D eigenvalue weighted by molar-refractivity contribution is 0.122. The fourth-order valence-corrected chi connectivity index (χ4v) is 1.62. The molecule has 1 heterocycles. The molecule has 0 atom stereocenters. The van der Waals surface area contributed by atoms with Crippen LogP contribution in [0.4, 0.5) is 10.1 Å². The summed E-state index contributed by atoms with van der Waals surface area (Å²) < 4.78 is 18.3. The quantitative estimate of drug-likeness (QED) is 0.699. The summed E-state index contributed by atoms with van der Waals surface area (Å²) in [4.78, 5) is 2.09. The van der Waals surface area contributed by atoms with Gasteiger partial charge in [0.1, 0.15) is 11.9 Å². The second kappa shape index (κ2) is 4.28. The van der Waals surface area contributed by atoms with Crippen molar-refractivity contribution < 1.29 is 9.13 Å². The number of rotatable bonds is 1. The number of nitrogens with zero attached hydrogens (tertiary/aromatic N) is 2. The summed E-state index contributed by atoms with van der Waals surface area (Å²) in [5.74, 6) is -0.463. The molecule has 2 rings (SSSR count). The SMILES string of the molecule is N#Cc1cc(N2CCOCC2)ccc1F. The van der Waals surface area contributed by atoms with Crippen molar-refractivity contribution in [3.05, 3.63) is 29.6 Å². The van der Waals surface area contributed by atoms with Gasteiger partial charge >= 0.3 is 0 Å². The predicted molar refractivity (Wildman–Crippen MR) is 54.1 cm³/mol. The van der Waals surface area contributed by atoms with E-state index in [0.717, 1.165) is 18.8 Å². The van der Waals surface area contributed by atoms with E-state index in [2.05, 4.69) is 4.90 Å². The number of anilines is 1. The fraction of sp³-hybridized carbons (Fsp3) is 0.364. The maximum atomic E-state index is 13.1. The Balaban J connectivity index is 2.25. The van der Waals surface area contributed by atoms with Gasteiger partial charge in [0, 0.05) is 18.8 Å². The minimum absolute atomic E-state index is 0.0963. The average Bonchev–Trinajstić information content (AvgIpc) is 2.31. The lowest BCUT2D eigenvalue weighted by atomic mass is 10.2. The van der Waals surface area contributed by atoms with Crippen molar-refractivity contribution >= 4 is 5.69 Å². The van der Waals surface area contributed by atoms with Crippen LogP contribution in [0.2, 0.25) is 0 Å². The molecule has 1 saturated heterocycles. The van der Waals surface area contributed by atoms with Crippen molar-refractivity contribution in [1.82, 2.24) is 0 Å². The molecule has 0 unspecified atom stereocenters. The highest BCUT2D eigenvalue weighted by molar-refractivity contribution is 5.52. The maximum absolute atomic E-state index is 13.1. The zero-order valence-electron chi connectivity index (χ0n) is 8.24. The van der Waals surface area contributed by atoms with Crippen LogP contribution in [0.15, 0.2) is 18.2 Å². The van der Waals surface area contributed by atoms with Crippen LogP contribution in [0.25, 0.3) is 0 Å². The Labute approximate surface area is 87.7 Å². The van der Waals surface area contributed by atoms with Gasteiger partial charge in [-0.3, -0.25) is 0 Å². The van der Waals surface area contributed by atoms with Crippen LogP contribution in [0, 0.1) is 17.1 Å². The van der Waals surface area contributed by atoms with Gasteiger partial charge in [-0.25, -0.2) is 4.39 Å². The molecular formula is C11H11FN2O. The molecule has 4 heteroatoms. The highest BCUT2D eigenvalue weighted by atomic mass is 19.1. The van der Waals surface area contributed by atoms with Gasteiger partial charge in [0.15, 0.2) is 0 Å². The van der Waals surface area contributed by atoms with E-state index in [-0.39, 0.29) is 5.56 Å². The molecule has 1 aliphatic heterocycles. The molecule has 1 aliphatic rings. The van der Waals surface area contributed by atoms with Crippen molar-refractivity contribution in [1.29, 1.82) is 5.26 Å². The van der Waals surface area contributed by atoms with Crippen molar-refractivity contribution in [2.24, 2.45) is 0 Å². The van der Waals surface area contributed by atoms with Gasteiger partial charge in [0.25, 0.3) is 0 Å². The molecule has 0 radical (unpaired) electrons. The normalized spacial score (nSPS) is 16.1. The summed E-state index contributed by atoms with van der Waals surface area (Å²) in [6.45, 7) is 2.94. The van der Waals surface area contributed by atoms with Crippen molar-refractivity contribution in [3.63, 3.8) is 0 Å². The number of benzene rings is 1. The minimum Gasteiger partial charge on any atom is -0.378 e. The molecule has 0 aromatic heterocycles. The number of ether oxygens (including phenoxy) is 1. The highest BCUT2D eigenvalue weighted by Gasteiger charge is 2.12. The second-order valence-electron chi connectivity index (χ2n) is 3.38. The molecule has 78 valence electrons. The van der Waals surface area contributed by atoms with Gasteiger partial charge < -0.3 is 9.64 Å². The summed E-state index contributed by atoms with van der Waals surface area (Å²) >= 11 is 0. The van der Waals surface area contributed by atoms with E-state index in [1.807, 2.05) is 6.07 Å². The average molecular weight is 206 g/mol. The Morgan fingerprint density at radius 1 is 1.33 bits per heavy atom.